The number of carbonyl (C=O) groups excluding carboxylic acids is 2. The quantitative estimate of drug-likeness (QED) is 0.0676. The fraction of sp³-hybridized carbons (Fsp3) is 0.360. The fourth-order valence-electron chi connectivity index (χ4n) is 3.44. The molecule has 3 aromatic rings. The van der Waals surface area contributed by atoms with Gasteiger partial charge >= 0.3 is 12.1 Å². The van der Waals surface area contributed by atoms with Crippen molar-refractivity contribution in [2.24, 2.45) is 10.8 Å². The Morgan fingerprint density at radius 3 is 2.45 bits per heavy atom. The number of hydrogen-bond donors (Lipinski definition) is 2. The summed E-state index contributed by atoms with van der Waals surface area (Å²) in [7, 11) is -1.20. The van der Waals surface area contributed by atoms with E-state index in [1.165, 1.54) is 18.2 Å². The van der Waals surface area contributed by atoms with E-state index in [4.69, 9.17) is 43.7 Å². The van der Waals surface area contributed by atoms with Gasteiger partial charge in [-0.3, -0.25) is 5.43 Å². The highest BCUT2D eigenvalue weighted by Crippen LogP contribution is 2.39. The first-order valence-corrected chi connectivity index (χ1v) is 16.6. The second-order valence-electron chi connectivity index (χ2n) is 10.2. The van der Waals surface area contributed by atoms with Crippen LogP contribution in [-0.2, 0) is 21.0 Å². The second-order valence-corrected chi connectivity index (χ2v) is 16.7. The van der Waals surface area contributed by atoms with Crippen molar-refractivity contribution in [2.75, 3.05) is 12.0 Å². The summed E-state index contributed by atoms with van der Waals surface area (Å²) in [4.78, 5) is 22.4. The van der Waals surface area contributed by atoms with Crippen LogP contribution in [0.25, 0.3) is 11.0 Å². The van der Waals surface area contributed by atoms with Gasteiger partial charge in [0.2, 0.25) is 11.6 Å². The molecule has 1 aromatic carbocycles. The summed E-state index contributed by atoms with van der Waals surface area (Å²) in [5.41, 5.74) is 8.42. The number of nitrogens with zero attached hydrogens (tertiary/aromatic N) is 5. The minimum Gasteiger partial charge on any atom is -0.434 e. The lowest BCUT2D eigenvalue weighted by molar-refractivity contribution is -0.129. The number of nitriles is 1. The fourth-order valence-corrected chi connectivity index (χ4v) is 4.76. The predicted octanol–water partition coefficient (Wildman–Crippen LogP) is 5.88. The number of fused-ring (bicyclic) bond motifs is 1. The van der Waals surface area contributed by atoms with Crippen molar-refractivity contribution >= 4 is 65.8 Å². The number of anilines is 1. The van der Waals surface area contributed by atoms with Gasteiger partial charge in [-0.15, -0.1) is 10.2 Å². The molecule has 3 N–H and O–H groups in total. The maximum atomic E-state index is 11.7. The monoisotopic (exact) mass is 605 g/mol. The van der Waals surface area contributed by atoms with Gasteiger partial charge in [-0.1, -0.05) is 56.7 Å². The Morgan fingerprint density at radius 2 is 1.88 bits per heavy atom. The zero-order valence-corrected chi connectivity index (χ0v) is 25.1. The van der Waals surface area contributed by atoms with E-state index >= 15 is 0 Å². The smallest absolute Gasteiger partial charge is 0.412 e. The molecule has 0 atom stereocenters. The molecular formula is C25H29Cl2N7O5Si. The summed E-state index contributed by atoms with van der Waals surface area (Å²) in [6.07, 6.45) is 0.641. The molecular weight excluding hydrogens is 577 g/mol. The molecule has 1 amide bonds. The molecule has 15 heteroatoms. The van der Waals surface area contributed by atoms with Crippen LogP contribution in [0.1, 0.15) is 25.3 Å². The number of hydrogen-bond acceptors (Lipinski definition) is 10. The molecule has 0 spiro atoms. The molecule has 0 aliphatic rings. The molecule has 2 heterocycles. The van der Waals surface area contributed by atoms with E-state index in [0.717, 1.165) is 17.0 Å². The topological polar surface area (TPSA) is 167 Å². The average Bonchev–Trinajstić information content (AvgIpc) is 3.21. The van der Waals surface area contributed by atoms with Crippen LogP contribution in [0.2, 0.25) is 35.7 Å². The molecule has 0 fully saturated rings. The van der Waals surface area contributed by atoms with Crippen molar-refractivity contribution in [1.82, 2.24) is 14.8 Å². The Balaban J connectivity index is 1.81. The molecule has 0 aliphatic heterocycles. The van der Waals surface area contributed by atoms with Gasteiger partial charge < -0.3 is 24.5 Å². The summed E-state index contributed by atoms with van der Waals surface area (Å²) in [5, 5.41) is 22.3. The third kappa shape index (κ3) is 8.15. The molecule has 0 aliphatic carbocycles. The third-order valence-corrected chi connectivity index (χ3v) is 7.74. The molecule has 12 nitrogen and oxygen atoms in total. The van der Waals surface area contributed by atoms with Crippen molar-refractivity contribution in [3.05, 3.63) is 40.0 Å². The van der Waals surface area contributed by atoms with Crippen molar-refractivity contribution in [2.45, 2.75) is 52.2 Å². The average molecular weight is 607 g/mol. The number of benzene rings is 1. The number of nitrogens with one attached hydrogen (secondary N) is 1. The van der Waals surface area contributed by atoms with Crippen LogP contribution in [0.5, 0.6) is 11.6 Å². The van der Waals surface area contributed by atoms with Crippen LogP contribution in [0.15, 0.2) is 29.5 Å². The number of halogens is 2. The number of rotatable bonds is 11. The number of carbonyl (C=O) groups is 2. The normalized spacial score (nSPS) is 11.9. The van der Waals surface area contributed by atoms with Gasteiger partial charge in [-0.25, -0.2) is 9.59 Å². The molecule has 2 aromatic heterocycles. The van der Waals surface area contributed by atoms with E-state index < -0.39 is 25.8 Å². The molecule has 0 saturated carbocycles. The zero-order chi connectivity index (χ0) is 29.6. The predicted molar refractivity (Wildman–Crippen MR) is 155 cm³/mol. The van der Waals surface area contributed by atoms with E-state index in [2.05, 4.69) is 58.9 Å². The number of hydrazone groups is 1. The molecule has 0 bridgehead atoms. The molecule has 40 heavy (non-hydrogen) atoms. The number of esters is 1. The Labute approximate surface area is 242 Å². The van der Waals surface area contributed by atoms with Crippen molar-refractivity contribution < 1.29 is 23.8 Å². The SMILES string of the molecule is CC(C)c1cn(COCC[Si](C)(C)C)c2nnc(Oc3c(Cl)cc(NN=C(C#N)C(=O)OC(N)=O)cc3Cl)cc12. The zero-order valence-electron chi connectivity index (χ0n) is 22.6. The number of nitrogens with two attached hydrogens (primary N) is 1. The Bertz CT molecular complexity index is 1470. The van der Waals surface area contributed by atoms with Gasteiger partial charge in [0.05, 0.1) is 15.7 Å². The van der Waals surface area contributed by atoms with Crippen LogP contribution in [0.3, 0.4) is 0 Å². The highest BCUT2D eigenvalue weighted by atomic mass is 35.5. The first-order valence-electron chi connectivity index (χ1n) is 12.2. The number of ether oxygens (including phenoxy) is 3. The highest BCUT2D eigenvalue weighted by molar-refractivity contribution is 6.76. The Morgan fingerprint density at radius 1 is 1.20 bits per heavy atom. The van der Waals surface area contributed by atoms with Crippen LogP contribution >= 0.6 is 23.2 Å². The summed E-state index contributed by atoms with van der Waals surface area (Å²) < 4.78 is 17.9. The first kappa shape index (κ1) is 30.8. The van der Waals surface area contributed by atoms with E-state index in [9.17, 15) is 9.59 Å². The second kappa shape index (κ2) is 13.1. The molecule has 0 unspecified atom stereocenters. The standard InChI is InChI=1S/C25H29Cl2N7O5Si/c1-14(2)17-12-34(13-37-6-7-40(3,4)5)23-16(17)10-21(32-33-23)38-22-18(26)8-15(9-19(22)27)30-31-20(11-28)24(35)39-25(29)36/h8-10,12,14,30H,6-7,13H2,1-5H3,(H2,29,36). The number of primary amides is 1. The van der Waals surface area contributed by atoms with Gasteiger partial charge in [0, 0.05) is 32.3 Å². The van der Waals surface area contributed by atoms with Crippen LogP contribution in [-0.4, -0.2) is 47.2 Å². The summed E-state index contributed by atoms with van der Waals surface area (Å²) >= 11 is 12.8. The van der Waals surface area contributed by atoms with Crippen LogP contribution in [0.4, 0.5) is 10.5 Å². The van der Waals surface area contributed by atoms with Crippen LogP contribution in [0, 0.1) is 11.3 Å². The van der Waals surface area contributed by atoms with E-state index in [0.29, 0.717) is 19.0 Å². The Hall–Kier alpha value is -3.70. The third-order valence-electron chi connectivity index (χ3n) is 5.47. The lowest BCUT2D eigenvalue weighted by Crippen LogP contribution is -2.24. The molecule has 0 saturated heterocycles. The van der Waals surface area contributed by atoms with Crippen molar-refractivity contribution in [1.29, 1.82) is 5.26 Å². The van der Waals surface area contributed by atoms with E-state index in [1.54, 1.807) is 6.07 Å². The number of aromatic nitrogens is 3. The highest BCUT2D eigenvalue weighted by Gasteiger charge is 2.19. The largest absolute Gasteiger partial charge is 0.434 e. The van der Waals surface area contributed by atoms with Gasteiger partial charge in [-0.2, -0.15) is 10.4 Å². The Kier molecular flexibility index (Phi) is 10.1. The van der Waals surface area contributed by atoms with Gasteiger partial charge in [0.1, 0.15) is 12.8 Å². The van der Waals surface area contributed by atoms with Gasteiger partial charge in [0.15, 0.2) is 11.4 Å². The summed E-state index contributed by atoms with van der Waals surface area (Å²) in [6, 6.07) is 7.13. The maximum Gasteiger partial charge on any atom is 0.412 e. The van der Waals surface area contributed by atoms with E-state index in [1.807, 2.05) is 10.8 Å². The molecule has 212 valence electrons. The van der Waals surface area contributed by atoms with Crippen molar-refractivity contribution in [3.63, 3.8) is 0 Å². The lowest BCUT2D eigenvalue weighted by Gasteiger charge is -2.15. The van der Waals surface area contributed by atoms with Crippen molar-refractivity contribution in [3.8, 4) is 17.7 Å². The maximum absolute atomic E-state index is 11.7. The lowest BCUT2D eigenvalue weighted by atomic mass is 10.0. The number of amides is 1. The van der Waals surface area contributed by atoms with E-state index in [-0.39, 0.29) is 33.3 Å². The minimum atomic E-state index is -1.37. The van der Waals surface area contributed by atoms with Gasteiger partial charge in [-0.05, 0) is 29.7 Å². The first-order chi connectivity index (χ1) is 18.8. The van der Waals surface area contributed by atoms with Gasteiger partial charge in [0.25, 0.3) is 0 Å². The minimum absolute atomic E-state index is 0.0859. The molecule has 3 rings (SSSR count). The van der Waals surface area contributed by atoms with Crippen LogP contribution < -0.4 is 15.9 Å². The molecule has 0 radical (unpaired) electrons. The summed E-state index contributed by atoms with van der Waals surface area (Å²) in [6.45, 7) is 12.1. The summed E-state index contributed by atoms with van der Waals surface area (Å²) in [5.74, 6) is -0.823.